The molecular formula is C32H39NO3. The highest BCUT2D eigenvalue weighted by Crippen LogP contribution is 2.41. The predicted octanol–water partition coefficient (Wildman–Crippen LogP) is 5.62. The maximum Gasteiger partial charge on any atom is 0.149 e. The van der Waals surface area contributed by atoms with Gasteiger partial charge in [-0.05, 0) is 59.5 Å². The van der Waals surface area contributed by atoms with Crippen molar-refractivity contribution in [2.75, 3.05) is 19.6 Å². The molecular weight excluding hydrogens is 446 g/mol. The van der Waals surface area contributed by atoms with Gasteiger partial charge in [0, 0.05) is 6.42 Å². The summed E-state index contributed by atoms with van der Waals surface area (Å²) in [6, 6.07) is 27.7. The number of ketones is 1. The third kappa shape index (κ3) is 5.95. The predicted molar refractivity (Wildman–Crippen MR) is 145 cm³/mol. The van der Waals surface area contributed by atoms with Gasteiger partial charge in [0.15, 0.2) is 0 Å². The molecule has 190 valence electrons. The summed E-state index contributed by atoms with van der Waals surface area (Å²) in [7, 11) is 0. The number of hydrogen-bond acceptors (Lipinski definition) is 4. The Morgan fingerprint density at radius 1 is 0.833 bits per heavy atom. The molecule has 0 bridgehead atoms. The maximum absolute atomic E-state index is 12.8. The molecule has 0 amide bonds. The van der Waals surface area contributed by atoms with Crippen LogP contribution in [0.3, 0.4) is 0 Å². The molecule has 1 aliphatic rings. The zero-order chi connectivity index (χ0) is 25.8. The Bertz CT molecular complexity index is 1070. The van der Waals surface area contributed by atoms with E-state index in [2.05, 4.69) is 25.7 Å². The van der Waals surface area contributed by atoms with Gasteiger partial charge >= 0.3 is 0 Å². The van der Waals surface area contributed by atoms with Gasteiger partial charge in [0.25, 0.3) is 0 Å². The van der Waals surface area contributed by atoms with E-state index in [0.717, 1.165) is 42.6 Å². The molecule has 1 aliphatic heterocycles. The van der Waals surface area contributed by atoms with Crippen molar-refractivity contribution in [3.8, 4) is 0 Å². The summed E-state index contributed by atoms with van der Waals surface area (Å²) in [5.41, 5.74) is 2.80. The summed E-state index contributed by atoms with van der Waals surface area (Å²) in [4.78, 5) is 14.9. The van der Waals surface area contributed by atoms with Gasteiger partial charge < -0.3 is 10.2 Å². The Labute approximate surface area is 215 Å². The van der Waals surface area contributed by atoms with Crippen molar-refractivity contribution < 1.29 is 15.0 Å². The lowest BCUT2D eigenvalue weighted by atomic mass is 9.72. The molecule has 1 unspecified atom stereocenters. The third-order valence-electron chi connectivity index (χ3n) is 7.59. The number of benzene rings is 3. The molecule has 3 aromatic rings. The van der Waals surface area contributed by atoms with Crippen LogP contribution in [0.2, 0.25) is 0 Å². The molecule has 2 N–H and O–H groups in total. The molecule has 1 atom stereocenters. The number of rotatable bonds is 8. The highest BCUT2D eigenvalue weighted by Gasteiger charge is 2.41. The van der Waals surface area contributed by atoms with E-state index in [0.29, 0.717) is 6.54 Å². The van der Waals surface area contributed by atoms with Gasteiger partial charge in [-0.1, -0.05) is 106 Å². The van der Waals surface area contributed by atoms with Crippen LogP contribution < -0.4 is 0 Å². The number of piperidine rings is 1. The average Bonchev–Trinajstić information content (AvgIpc) is 2.89. The van der Waals surface area contributed by atoms with E-state index in [9.17, 15) is 15.0 Å². The topological polar surface area (TPSA) is 60.8 Å². The molecule has 1 fully saturated rings. The van der Waals surface area contributed by atoms with Gasteiger partial charge in [0.2, 0.25) is 0 Å². The van der Waals surface area contributed by atoms with Crippen molar-refractivity contribution in [1.29, 1.82) is 0 Å². The number of aliphatic hydroxyl groups excluding tert-OH is 1. The molecule has 4 rings (SSSR count). The zero-order valence-corrected chi connectivity index (χ0v) is 21.7. The number of hydrogen-bond donors (Lipinski definition) is 2. The average molecular weight is 486 g/mol. The number of carbonyl (C=O) groups excluding carboxylic acids is 1. The fourth-order valence-corrected chi connectivity index (χ4v) is 5.38. The summed E-state index contributed by atoms with van der Waals surface area (Å²) < 4.78 is 0. The normalized spacial score (nSPS) is 16.6. The first-order valence-electron chi connectivity index (χ1n) is 13.0. The van der Waals surface area contributed by atoms with Crippen LogP contribution in [0.4, 0.5) is 0 Å². The quantitative estimate of drug-likeness (QED) is 0.434. The van der Waals surface area contributed by atoms with Crippen molar-refractivity contribution in [3.63, 3.8) is 0 Å². The van der Waals surface area contributed by atoms with E-state index in [1.807, 2.05) is 84.9 Å². The number of nitrogens with zero attached hydrogens (tertiary/aromatic N) is 1. The summed E-state index contributed by atoms with van der Waals surface area (Å²) in [5, 5.41) is 22.7. The van der Waals surface area contributed by atoms with Crippen LogP contribution in [-0.4, -0.2) is 40.5 Å². The molecule has 1 heterocycles. The minimum Gasteiger partial charge on any atom is -0.388 e. The van der Waals surface area contributed by atoms with E-state index in [1.54, 1.807) is 0 Å². The molecule has 0 aromatic heterocycles. The van der Waals surface area contributed by atoms with Crippen LogP contribution in [0.15, 0.2) is 84.9 Å². The third-order valence-corrected chi connectivity index (χ3v) is 7.59. The lowest BCUT2D eigenvalue weighted by Crippen LogP contribution is -2.45. The first-order valence-corrected chi connectivity index (χ1v) is 13.0. The SMILES string of the molecule is CC(C)(C)c1ccc(C(O)CC(=O)CN2CCC(C(O)(c3ccccc3)c3ccccc3)CC2)cc1. The van der Waals surface area contributed by atoms with Crippen molar-refractivity contribution in [1.82, 2.24) is 4.90 Å². The van der Waals surface area contributed by atoms with Crippen molar-refractivity contribution in [3.05, 3.63) is 107 Å². The molecule has 0 aliphatic carbocycles. The summed E-state index contributed by atoms with van der Waals surface area (Å²) in [6.45, 7) is 8.30. The fraction of sp³-hybridized carbons (Fsp3) is 0.406. The minimum absolute atomic E-state index is 0.0437. The van der Waals surface area contributed by atoms with Crippen LogP contribution in [0, 0.1) is 5.92 Å². The number of aliphatic hydroxyl groups is 2. The van der Waals surface area contributed by atoms with Gasteiger partial charge in [-0.2, -0.15) is 0 Å². The second kappa shape index (κ2) is 11.1. The Kier molecular flexibility index (Phi) is 8.09. The number of carbonyl (C=O) groups is 1. The Morgan fingerprint density at radius 2 is 1.33 bits per heavy atom. The second-order valence-electron chi connectivity index (χ2n) is 11.2. The molecule has 1 saturated heterocycles. The Balaban J connectivity index is 1.36. The van der Waals surface area contributed by atoms with E-state index >= 15 is 0 Å². The molecule has 3 aromatic carbocycles. The standard InChI is InChI=1S/C32H39NO3/c1-31(2,3)25-16-14-24(15-17-25)30(35)22-29(34)23-33-20-18-28(19-21-33)32(36,26-10-6-4-7-11-26)27-12-8-5-9-13-27/h4-17,28,30,35-36H,18-23H2,1-3H3. The van der Waals surface area contributed by atoms with E-state index in [1.165, 1.54) is 5.56 Å². The Hall–Kier alpha value is -2.79. The van der Waals surface area contributed by atoms with Gasteiger partial charge in [0.05, 0.1) is 12.6 Å². The Morgan fingerprint density at radius 3 is 1.81 bits per heavy atom. The lowest BCUT2D eigenvalue weighted by molar-refractivity contribution is -0.122. The van der Waals surface area contributed by atoms with Crippen LogP contribution in [0.5, 0.6) is 0 Å². The monoisotopic (exact) mass is 485 g/mol. The highest BCUT2D eigenvalue weighted by atomic mass is 16.3. The molecule has 0 radical (unpaired) electrons. The fourth-order valence-electron chi connectivity index (χ4n) is 5.38. The van der Waals surface area contributed by atoms with Gasteiger partial charge in [-0.15, -0.1) is 0 Å². The smallest absolute Gasteiger partial charge is 0.149 e. The largest absolute Gasteiger partial charge is 0.388 e. The zero-order valence-electron chi connectivity index (χ0n) is 21.7. The molecule has 4 heteroatoms. The van der Waals surface area contributed by atoms with E-state index in [-0.39, 0.29) is 23.5 Å². The molecule has 0 spiro atoms. The number of Topliss-reactive ketones (excluding diaryl/α,β-unsaturated/α-hetero) is 1. The van der Waals surface area contributed by atoms with Gasteiger partial charge in [-0.3, -0.25) is 9.69 Å². The van der Waals surface area contributed by atoms with Gasteiger partial charge in [-0.25, -0.2) is 0 Å². The van der Waals surface area contributed by atoms with Crippen molar-refractivity contribution >= 4 is 5.78 Å². The van der Waals surface area contributed by atoms with Crippen LogP contribution in [0.1, 0.15) is 68.4 Å². The van der Waals surface area contributed by atoms with Crippen LogP contribution >= 0.6 is 0 Å². The molecule has 36 heavy (non-hydrogen) atoms. The summed E-state index contributed by atoms with van der Waals surface area (Å²) in [5.74, 6) is 0.0998. The first-order chi connectivity index (χ1) is 17.2. The lowest BCUT2D eigenvalue weighted by Gasteiger charge is -2.42. The van der Waals surface area contributed by atoms with Crippen LogP contribution in [-0.2, 0) is 15.8 Å². The number of likely N-dealkylation sites (tertiary alicyclic amines) is 1. The maximum atomic E-state index is 12.8. The van der Waals surface area contributed by atoms with E-state index < -0.39 is 11.7 Å². The molecule has 4 nitrogen and oxygen atoms in total. The van der Waals surface area contributed by atoms with Crippen molar-refractivity contribution in [2.24, 2.45) is 5.92 Å². The summed E-state index contributed by atoms with van der Waals surface area (Å²) >= 11 is 0. The minimum atomic E-state index is -1.06. The van der Waals surface area contributed by atoms with Crippen molar-refractivity contribution in [2.45, 2.75) is 57.2 Å². The van der Waals surface area contributed by atoms with Gasteiger partial charge in [0.1, 0.15) is 11.4 Å². The van der Waals surface area contributed by atoms with Crippen LogP contribution in [0.25, 0.3) is 0 Å². The first kappa shape index (κ1) is 26.3. The second-order valence-corrected chi connectivity index (χ2v) is 11.2. The summed E-state index contributed by atoms with van der Waals surface area (Å²) in [6.07, 6.45) is 0.923. The van der Waals surface area contributed by atoms with E-state index in [4.69, 9.17) is 0 Å². The highest BCUT2D eigenvalue weighted by molar-refractivity contribution is 5.81. The molecule has 0 saturated carbocycles.